The number of fused-ring (bicyclic) bond motifs is 4. The van der Waals surface area contributed by atoms with Crippen LogP contribution in [0.3, 0.4) is 0 Å². The molecule has 3 heterocycles. The Labute approximate surface area is 286 Å². The van der Waals surface area contributed by atoms with Crippen molar-refractivity contribution in [1.82, 2.24) is 4.90 Å². The van der Waals surface area contributed by atoms with Gasteiger partial charge in [-0.1, -0.05) is 76.7 Å². The Hall–Kier alpha value is -2.85. The monoisotopic (exact) mass is 701 g/mol. The van der Waals surface area contributed by atoms with Gasteiger partial charge in [-0.05, 0) is 68.0 Å². The molecule has 240 valence electrons. The molecule has 8 nitrogen and oxygen atoms in total. The minimum absolute atomic E-state index is 0.189. The van der Waals surface area contributed by atoms with Crippen molar-refractivity contribution in [1.29, 1.82) is 0 Å². The van der Waals surface area contributed by atoms with E-state index in [0.29, 0.717) is 46.6 Å². The van der Waals surface area contributed by atoms with Crippen LogP contribution in [0.15, 0.2) is 60.7 Å². The topological polar surface area (TPSA) is 99.2 Å². The molecule has 12 heteroatoms. The van der Waals surface area contributed by atoms with Crippen molar-refractivity contribution in [2.75, 3.05) is 23.3 Å². The van der Waals surface area contributed by atoms with Crippen molar-refractivity contribution in [2.45, 2.75) is 50.0 Å². The normalized spacial score (nSPS) is 28.3. The smallest absolute Gasteiger partial charge is 0.310 e. The standard InChI is InChI=1S/C34H31Cl4N3O5/c1-33(46-16-19-5-3-2-4-6-19)14-26-27(30(42)40(15-18-7-8-18)23-10-20(35)9-21(36)11-23)28(31(43)44)34(41(26)17-33)24-12-22(37)13-25(38)29(24)39-32(34)45/h2-6,9-13,18,26-28H,7-8,14-17H2,1H3,(H,39,45)(H,43,44)/t26-,27-,28+,33+,34+/m1/s1. The minimum Gasteiger partial charge on any atom is -0.481 e. The fourth-order valence-electron chi connectivity index (χ4n) is 7.72. The summed E-state index contributed by atoms with van der Waals surface area (Å²) in [5.74, 6) is -4.58. The first kappa shape index (κ1) is 31.7. The first-order valence-electron chi connectivity index (χ1n) is 15.2. The van der Waals surface area contributed by atoms with Gasteiger partial charge in [-0.15, -0.1) is 0 Å². The van der Waals surface area contributed by atoms with E-state index in [2.05, 4.69) is 5.32 Å². The molecule has 0 aromatic heterocycles. The van der Waals surface area contributed by atoms with Gasteiger partial charge in [0.25, 0.3) is 5.91 Å². The molecule has 1 aliphatic carbocycles. The number of rotatable bonds is 8. The molecule has 3 aliphatic heterocycles. The predicted octanol–water partition coefficient (Wildman–Crippen LogP) is 7.27. The van der Waals surface area contributed by atoms with Crippen LogP contribution in [0.2, 0.25) is 20.1 Å². The first-order chi connectivity index (χ1) is 21.9. The van der Waals surface area contributed by atoms with Crippen molar-refractivity contribution < 1.29 is 24.2 Å². The Kier molecular flexibility index (Phi) is 8.06. The minimum atomic E-state index is -1.77. The summed E-state index contributed by atoms with van der Waals surface area (Å²) in [4.78, 5) is 46.3. The fourth-order valence-corrected chi connectivity index (χ4v) is 8.78. The highest BCUT2D eigenvalue weighted by atomic mass is 35.5. The number of amides is 2. The molecule has 3 aromatic rings. The number of carbonyl (C=O) groups excluding carboxylic acids is 2. The lowest BCUT2D eigenvalue weighted by atomic mass is 9.72. The Morgan fingerprint density at radius 2 is 1.70 bits per heavy atom. The molecular weight excluding hydrogens is 672 g/mol. The molecule has 1 saturated carbocycles. The van der Waals surface area contributed by atoms with Crippen molar-refractivity contribution >= 4 is 75.6 Å². The lowest BCUT2D eigenvalue weighted by Gasteiger charge is -2.38. The van der Waals surface area contributed by atoms with Crippen LogP contribution in [-0.2, 0) is 31.3 Å². The number of carboxylic acids is 1. The summed E-state index contributed by atoms with van der Waals surface area (Å²) < 4.78 is 6.53. The van der Waals surface area contributed by atoms with E-state index >= 15 is 0 Å². The lowest BCUT2D eigenvalue weighted by Crippen LogP contribution is -2.55. The second kappa shape index (κ2) is 11.7. The number of ether oxygens (including phenoxy) is 1. The highest BCUT2D eigenvalue weighted by molar-refractivity contribution is 6.38. The van der Waals surface area contributed by atoms with Gasteiger partial charge in [-0.25, -0.2) is 0 Å². The van der Waals surface area contributed by atoms with Crippen LogP contribution in [0.5, 0.6) is 0 Å². The zero-order chi connectivity index (χ0) is 32.5. The number of nitrogens with one attached hydrogen (secondary N) is 1. The molecular formula is C34H31Cl4N3O5. The maximum atomic E-state index is 15.0. The lowest BCUT2D eigenvalue weighted by molar-refractivity contribution is -0.153. The van der Waals surface area contributed by atoms with Crippen molar-refractivity contribution in [2.24, 2.45) is 17.8 Å². The van der Waals surface area contributed by atoms with E-state index < -0.39 is 46.8 Å². The second-order valence-electron chi connectivity index (χ2n) is 13.0. The van der Waals surface area contributed by atoms with Gasteiger partial charge in [0.2, 0.25) is 5.91 Å². The highest BCUT2D eigenvalue weighted by Crippen LogP contribution is 2.61. The number of anilines is 2. The SMILES string of the molecule is C[C@]1(OCc2ccccc2)C[C@@H]2[C@@H](C(=O)N(CC3CC3)c3cc(Cl)cc(Cl)c3)[C@@H](C(=O)O)[C@@]3(C(=O)Nc4c(Cl)cc(Cl)cc43)N2C1. The number of nitrogens with zero attached hydrogens (tertiary/aromatic N) is 2. The summed E-state index contributed by atoms with van der Waals surface area (Å²) in [6.07, 6.45) is 2.21. The van der Waals surface area contributed by atoms with E-state index in [0.717, 1.165) is 18.4 Å². The molecule has 0 unspecified atom stereocenters. The fraction of sp³-hybridized carbons (Fsp3) is 0.382. The number of carboxylic acid groups (broad SMARTS) is 1. The van der Waals surface area contributed by atoms with Gasteiger partial charge in [0.1, 0.15) is 11.5 Å². The quantitative estimate of drug-likeness (QED) is 0.256. The van der Waals surface area contributed by atoms with Gasteiger partial charge >= 0.3 is 5.97 Å². The Bertz CT molecular complexity index is 1730. The van der Waals surface area contributed by atoms with Gasteiger partial charge in [-0.2, -0.15) is 0 Å². The van der Waals surface area contributed by atoms with E-state index in [1.54, 1.807) is 29.2 Å². The van der Waals surface area contributed by atoms with Gasteiger partial charge in [-0.3, -0.25) is 19.3 Å². The van der Waals surface area contributed by atoms with E-state index in [-0.39, 0.29) is 22.5 Å². The highest BCUT2D eigenvalue weighted by Gasteiger charge is 2.74. The molecule has 3 fully saturated rings. The largest absolute Gasteiger partial charge is 0.481 e. The van der Waals surface area contributed by atoms with E-state index in [4.69, 9.17) is 51.1 Å². The van der Waals surface area contributed by atoms with Gasteiger partial charge < -0.3 is 20.1 Å². The van der Waals surface area contributed by atoms with Crippen molar-refractivity contribution in [3.8, 4) is 0 Å². The molecule has 5 atom stereocenters. The summed E-state index contributed by atoms with van der Waals surface area (Å²) in [5, 5.41) is 15.0. The van der Waals surface area contributed by atoms with Crippen LogP contribution in [0.4, 0.5) is 11.4 Å². The second-order valence-corrected chi connectivity index (χ2v) is 14.7. The predicted molar refractivity (Wildman–Crippen MR) is 178 cm³/mol. The van der Waals surface area contributed by atoms with Gasteiger partial charge in [0.05, 0.1) is 28.8 Å². The summed E-state index contributed by atoms with van der Waals surface area (Å²) >= 11 is 25.8. The van der Waals surface area contributed by atoms with Crippen LogP contribution in [0.25, 0.3) is 0 Å². The summed E-state index contributed by atoms with van der Waals surface area (Å²) in [6.45, 7) is 2.82. The third-order valence-corrected chi connectivity index (χ3v) is 10.8. The molecule has 2 amide bonds. The molecule has 7 rings (SSSR count). The van der Waals surface area contributed by atoms with Gasteiger partial charge in [0, 0.05) is 45.5 Å². The summed E-state index contributed by atoms with van der Waals surface area (Å²) in [7, 11) is 0. The molecule has 2 saturated heterocycles. The van der Waals surface area contributed by atoms with Gasteiger partial charge in [0.15, 0.2) is 0 Å². The summed E-state index contributed by atoms with van der Waals surface area (Å²) in [6, 6.07) is 17.0. The third kappa shape index (κ3) is 5.27. The average Bonchev–Trinajstić information content (AvgIpc) is 3.61. The average molecular weight is 703 g/mol. The number of benzene rings is 3. The number of halogens is 4. The third-order valence-electron chi connectivity index (χ3n) is 9.82. The number of carbonyl (C=O) groups is 3. The molecule has 0 radical (unpaired) electrons. The zero-order valence-electron chi connectivity index (χ0n) is 24.8. The molecule has 1 spiro atoms. The van der Waals surface area contributed by atoms with Crippen LogP contribution in [-0.4, -0.2) is 52.5 Å². The molecule has 2 N–H and O–H groups in total. The maximum absolute atomic E-state index is 15.0. The number of aliphatic carboxylic acids is 1. The molecule has 4 aliphatic rings. The summed E-state index contributed by atoms with van der Waals surface area (Å²) in [5.41, 5.74) is -0.501. The maximum Gasteiger partial charge on any atom is 0.310 e. The molecule has 3 aromatic carbocycles. The Balaban J connectivity index is 1.37. The van der Waals surface area contributed by atoms with Crippen molar-refractivity contribution in [3.05, 3.63) is 91.9 Å². The first-order valence-corrected chi connectivity index (χ1v) is 16.7. The Morgan fingerprint density at radius 3 is 2.35 bits per heavy atom. The zero-order valence-corrected chi connectivity index (χ0v) is 27.8. The van der Waals surface area contributed by atoms with Crippen molar-refractivity contribution in [3.63, 3.8) is 0 Å². The van der Waals surface area contributed by atoms with Crippen LogP contribution in [0.1, 0.15) is 37.3 Å². The Morgan fingerprint density at radius 1 is 1.02 bits per heavy atom. The molecule has 46 heavy (non-hydrogen) atoms. The van der Waals surface area contributed by atoms with E-state index in [1.165, 1.54) is 6.07 Å². The number of hydrogen-bond donors (Lipinski definition) is 2. The van der Waals surface area contributed by atoms with E-state index in [1.807, 2.05) is 42.2 Å². The van der Waals surface area contributed by atoms with Crippen LogP contribution < -0.4 is 10.2 Å². The van der Waals surface area contributed by atoms with E-state index in [9.17, 15) is 19.5 Å². The number of hydrogen-bond acceptors (Lipinski definition) is 5. The van der Waals surface area contributed by atoms with Crippen LogP contribution in [0, 0.1) is 17.8 Å². The molecule has 0 bridgehead atoms. The van der Waals surface area contributed by atoms with Crippen LogP contribution >= 0.6 is 46.4 Å².